The number of carboxylic acids is 3. The lowest BCUT2D eigenvalue weighted by Gasteiger charge is -2.29. The van der Waals surface area contributed by atoms with E-state index in [1.165, 1.54) is 32.9 Å². The molecule has 33 nitrogen and oxygen atoms in total. The number of allylic oxidation sites excluding steroid dienone is 2. The monoisotopic (exact) mass is 2020 g/mol. The Hall–Kier alpha value is -15.6. The third-order valence-electron chi connectivity index (χ3n) is 30.0. The van der Waals surface area contributed by atoms with Gasteiger partial charge in [0.25, 0.3) is 0 Å². The molecule has 6 aliphatic heterocycles. The molecule has 33 heteroatoms. The van der Waals surface area contributed by atoms with Gasteiger partial charge in [0, 0.05) is 112 Å². The van der Waals surface area contributed by atoms with Crippen molar-refractivity contribution in [2.75, 3.05) is 33.4 Å². The number of benzene rings is 6. The number of unbranched alkanes of at least 4 members (excludes halogenated alkanes) is 3. The van der Waals surface area contributed by atoms with Gasteiger partial charge in [0.15, 0.2) is 0 Å². The number of aromatic nitrogens is 3. The van der Waals surface area contributed by atoms with Crippen LogP contribution in [0.5, 0.6) is 23.0 Å². The number of methoxy groups -OCH3 is 1. The van der Waals surface area contributed by atoms with Crippen molar-refractivity contribution in [2.45, 2.75) is 239 Å². The number of pyridine rings is 3. The van der Waals surface area contributed by atoms with Crippen LogP contribution < -0.4 is 50.8 Å². The molecular formula is C116H128N12O21. The van der Waals surface area contributed by atoms with Gasteiger partial charge in [-0.15, -0.1) is 19.7 Å². The van der Waals surface area contributed by atoms with Crippen molar-refractivity contribution >= 4 is 122 Å². The quantitative estimate of drug-likeness (QED) is 0.0240. The summed E-state index contributed by atoms with van der Waals surface area (Å²) in [6.07, 6.45) is 23.8. The highest BCUT2D eigenvalue weighted by atomic mass is 16.6. The van der Waals surface area contributed by atoms with Crippen molar-refractivity contribution in [3.63, 3.8) is 0 Å². The summed E-state index contributed by atoms with van der Waals surface area (Å²) in [6, 6.07) is 44.7. The second kappa shape index (κ2) is 46.2. The summed E-state index contributed by atoms with van der Waals surface area (Å²) >= 11 is 0. The zero-order valence-corrected chi connectivity index (χ0v) is 84.2. The molecule has 7 fully saturated rings. The predicted molar refractivity (Wildman–Crippen MR) is 561 cm³/mol. The van der Waals surface area contributed by atoms with E-state index in [1.807, 2.05) is 209 Å². The van der Waals surface area contributed by atoms with Crippen LogP contribution in [0.1, 0.15) is 179 Å². The number of hydrogen-bond donors (Lipinski definition) is 9. The van der Waals surface area contributed by atoms with E-state index in [9.17, 15) is 72.9 Å². The Morgan fingerprint density at radius 3 is 1.28 bits per heavy atom. The molecule has 19 rings (SSSR count). The third kappa shape index (κ3) is 23.5. The lowest BCUT2D eigenvalue weighted by atomic mass is 10.0. The largest absolute Gasteiger partial charge is 0.496 e. The molecular weight excluding hydrogens is 1900 g/mol. The maximum absolute atomic E-state index is 14.4. The summed E-state index contributed by atoms with van der Waals surface area (Å²) in [5.74, 6) is -5.74. The van der Waals surface area contributed by atoms with E-state index in [4.69, 9.17) is 43.4 Å². The summed E-state index contributed by atoms with van der Waals surface area (Å²) in [6.45, 7) is 17.5. The van der Waals surface area contributed by atoms with Gasteiger partial charge in [-0.05, 0) is 119 Å². The van der Waals surface area contributed by atoms with Gasteiger partial charge < -0.3 is 90.3 Å². The first-order valence-corrected chi connectivity index (χ1v) is 51.8. The summed E-state index contributed by atoms with van der Waals surface area (Å²) in [5, 5.41) is 49.0. The van der Waals surface area contributed by atoms with Gasteiger partial charge in [-0.2, -0.15) is 0 Å². The molecule has 4 saturated carbocycles. The highest BCUT2D eigenvalue weighted by molar-refractivity contribution is 6.01. The van der Waals surface area contributed by atoms with E-state index in [1.54, 1.807) is 7.11 Å². The van der Waals surface area contributed by atoms with E-state index in [2.05, 4.69) is 57.7 Å². The fourth-order valence-electron chi connectivity index (χ4n) is 21.3. The fraction of sp³-hybridized carbons (Fsp3) is 0.405. The lowest BCUT2D eigenvalue weighted by Crippen LogP contribution is -2.56. The van der Waals surface area contributed by atoms with Crippen LogP contribution in [0.3, 0.4) is 0 Å². The van der Waals surface area contributed by atoms with Crippen molar-refractivity contribution in [2.24, 2.45) is 23.7 Å². The molecule has 3 aromatic heterocycles. The number of fused-ring (bicyclic) bond motifs is 10. The van der Waals surface area contributed by atoms with Crippen molar-refractivity contribution in [1.29, 1.82) is 0 Å². The highest BCUT2D eigenvalue weighted by Gasteiger charge is 2.64. The predicted octanol–water partition coefficient (Wildman–Crippen LogP) is 16.2. The first-order chi connectivity index (χ1) is 72.1. The topological polar surface area (TPSA) is 441 Å². The Balaban J connectivity index is 0.000000152. The SMILES string of the molecule is C=C[C@@H]1C[C@]1(NC(=O)[C@@H]1C[C@@H]2CN1C(=O)[C@H](CCCC)NC(=O)CC/C=C/c1ccc3nc(-c4ccccc4)cc(c3c1)O2)C(=O)O.C=C[C@@H]1C[C@]1(NC(=O)[C@@H]1C[C@@H]2CN1C(=O)[C@H](CCCC)NC(=O)OCCC/C=C/c1cc3c(cc(-c4ccccc4)nc3cc1OC)O2)C(=O)O.C=C[C@@H]1C[C@]1(NC(=O)[C@@H]1C[C@@H]2CN1C(=O)[C@H](CCCC)NC(=O)O[C@H]1CCC[C@@H]1C=Cc1ccc3nc(-c4ccccc4)cc(c3c1)O2)C(=O)O. The second-order valence-electron chi connectivity index (χ2n) is 40.1. The number of amides is 9. The lowest BCUT2D eigenvalue weighted by molar-refractivity contribution is -0.146. The van der Waals surface area contributed by atoms with Crippen molar-refractivity contribution in [3.05, 3.63) is 231 Å². The normalized spacial score (nSPS) is 26.9. The number of rotatable bonds is 25. The van der Waals surface area contributed by atoms with Crippen LogP contribution in [0.2, 0.25) is 0 Å². The Bertz CT molecular complexity index is 6720. The molecule has 0 unspecified atom stereocenters. The molecule has 0 spiro atoms. The van der Waals surface area contributed by atoms with Crippen LogP contribution in [-0.4, -0.2) is 227 Å². The maximum Gasteiger partial charge on any atom is 0.408 e. The smallest absolute Gasteiger partial charge is 0.408 e. The number of ether oxygens (including phenoxy) is 6. The minimum Gasteiger partial charge on any atom is -0.496 e. The highest BCUT2D eigenvalue weighted by Crippen LogP contribution is 2.49. The minimum atomic E-state index is -1.49. The molecule has 4 aliphatic carbocycles. The van der Waals surface area contributed by atoms with Crippen molar-refractivity contribution < 1.29 is 101 Å². The summed E-state index contributed by atoms with van der Waals surface area (Å²) in [4.78, 5) is 180. The zero-order valence-electron chi connectivity index (χ0n) is 84.2. The molecule has 3 saturated heterocycles. The molecule has 149 heavy (non-hydrogen) atoms. The minimum absolute atomic E-state index is 0.0115. The van der Waals surface area contributed by atoms with Gasteiger partial charge in [-0.3, -0.25) is 33.6 Å². The molecule has 9 aromatic rings. The van der Waals surface area contributed by atoms with Crippen LogP contribution in [0.15, 0.2) is 214 Å². The van der Waals surface area contributed by atoms with Gasteiger partial charge >= 0.3 is 30.1 Å². The van der Waals surface area contributed by atoms with Crippen LogP contribution in [0.25, 0.3) is 84.7 Å². The van der Waals surface area contributed by atoms with Crippen LogP contribution in [-0.2, 0) is 57.4 Å². The molecule has 778 valence electrons. The molecule has 9 N–H and O–H groups in total. The number of carbonyl (C=O) groups excluding carboxylic acids is 9. The summed E-state index contributed by atoms with van der Waals surface area (Å²) in [7, 11) is 1.60. The van der Waals surface area contributed by atoms with E-state index in [0.717, 1.165) is 98.4 Å². The number of nitrogens with zero attached hydrogens (tertiary/aromatic N) is 6. The Kier molecular flexibility index (Phi) is 32.5. The van der Waals surface area contributed by atoms with E-state index >= 15 is 0 Å². The van der Waals surface area contributed by atoms with Gasteiger partial charge in [0.2, 0.25) is 41.4 Å². The Labute approximate surface area is 864 Å². The first-order valence-electron chi connectivity index (χ1n) is 51.8. The number of nitrogens with one attached hydrogen (secondary N) is 6. The first kappa shape index (κ1) is 105. The molecule has 9 amide bonds. The van der Waals surface area contributed by atoms with Crippen molar-refractivity contribution in [3.8, 4) is 56.8 Å². The molecule has 12 bridgehead atoms. The molecule has 17 atom stereocenters. The Morgan fingerprint density at radius 2 is 0.866 bits per heavy atom. The van der Waals surface area contributed by atoms with Gasteiger partial charge in [0.1, 0.15) is 100 Å². The Morgan fingerprint density at radius 1 is 0.463 bits per heavy atom. The van der Waals surface area contributed by atoms with E-state index in [0.29, 0.717) is 104 Å². The zero-order chi connectivity index (χ0) is 105. The number of carbonyl (C=O) groups is 12. The van der Waals surface area contributed by atoms with Crippen molar-refractivity contribution in [1.82, 2.24) is 61.6 Å². The number of hydrogen-bond acceptors (Lipinski definition) is 21. The number of carboxylic acid groups (broad SMARTS) is 3. The molecule has 0 radical (unpaired) electrons. The fourth-order valence-corrected chi connectivity index (χ4v) is 21.3. The summed E-state index contributed by atoms with van der Waals surface area (Å²) < 4.78 is 37.3. The average Bonchev–Trinajstić information content (AvgIpc) is 1.59. The summed E-state index contributed by atoms with van der Waals surface area (Å²) in [5.41, 5.74) is 5.14. The second-order valence-corrected chi connectivity index (χ2v) is 40.1. The maximum atomic E-state index is 14.4. The van der Waals surface area contributed by atoms with Crippen LogP contribution in [0, 0.1) is 23.7 Å². The third-order valence-corrected chi connectivity index (χ3v) is 30.0. The van der Waals surface area contributed by atoms with Gasteiger partial charge in [0.05, 0.1) is 67.0 Å². The molecule has 9 heterocycles. The number of aliphatic carboxylic acids is 3. The molecule has 6 aromatic carbocycles. The standard InChI is InChI=1S/C40H44N4O7.C39H44N4O8.C37H40N4O6/c1-3-5-13-31-37(46)44-23-28(20-33(44)36(45)43-40(38(47)48)22-27(40)4-2)50-35-21-32(25-10-7-6-8-11-25)41-30-18-16-24(19-29(30)35)15-17-26-12-9-14-34(26)51-39(49)42-31;1-4-6-16-29-36(45)43-23-27(19-32(43)35(44)42-39(37(46)47)22-26(39)5-2)51-34-20-30(24-13-9-7-10-14-24)40-31-21-33(49-3)25(18-28(31)34)15-11-8-12-17-50-38(48)41-29;1-3-5-14-29-35(44)41-22-26(19-31(41)34(43)40-37(36(45)46)21-25(37)4-2)47-32-20-30(24-12-7-6-8-13-24)38-28-17-16-23(18-27(28)32)11-9-10-15-33(42)39-29/h4,6-8,10-11,15-19,21,26-28,31,33-34H,2-3,5,9,12-14,20,22-23H2,1H3,(H,42,49)(H,43,45)(H,47,48);5,7,9-11,13-15,18,20-21,26-27,29,32H,2,4,6,8,12,16-17,19,22-23H2,1,3H3,(H,41,48)(H,42,44)(H,46,47);4,6-9,11-13,16-18,20,25-26,29,31H,2-3,5,10,14-15,19,21-22H2,1H3,(H,39,42)(H,40,43)(H,45,46)/b;15-11+;11-9+/t26-,27-,28-,31+,33+,34+,40-;26-,27-,29+,32+,39-;25-,26-,29+,31+,37-/m111/s1. The van der Waals surface area contributed by atoms with E-state index in [-0.39, 0.29) is 95.0 Å². The van der Waals surface area contributed by atoms with Crippen LogP contribution >= 0.6 is 0 Å². The van der Waals surface area contributed by atoms with Gasteiger partial charge in [-0.25, -0.2) is 38.9 Å². The van der Waals surface area contributed by atoms with Gasteiger partial charge in [-0.1, -0.05) is 217 Å². The number of cyclic esters (lactones) is 1. The average molecular weight is 2030 g/mol. The molecule has 10 aliphatic rings. The van der Waals surface area contributed by atoms with Crippen LogP contribution in [0.4, 0.5) is 9.59 Å². The van der Waals surface area contributed by atoms with E-state index < -0.39 is 149 Å². The number of alkyl carbamates (subject to hydrolysis) is 2.